The smallest absolute Gasteiger partial charge is 0.307 e. The fourth-order valence-electron chi connectivity index (χ4n) is 2.45. The van der Waals surface area contributed by atoms with Gasteiger partial charge in [-0.05, 0) is 31.6 Å². The summed E-state index contributed by atoms with van der Waals surface area (Å²) in [5.74, 6) is 1.12. The highest BCUT2D eigenvalue weighted by Gasteiger charge is 2.25. The number of carbonyl (C=O) groups excluding carboxylic acids is 1. The van der Waals surface area contributed by atoms with E-state index in [0.29, 0.717) is 18.9 Å². The lowest BCUT2D eigenvalue weighted by molar-refractivity contribution is -0.143. The summed E-state index contributed by atoms with van der Waals surface area (Å²) >= 11 is 0. The van der Waals surface area contributed by atoms with E-state index in [2.05, 4.69) is 6.92 Å². The molecule has 0 aromatic carbocycles. The molecule has 0 heterocycles. The molecule has 0 bridgehead atoms. The summed E-state index contributed by atoms with van der Waals surface area (Å²) in [6.07, 6.45) is 5.28. The molecule has 0 saturated heterocycles. The zero-order valence-corrected chi connectivity index (χ0v) is 9.87. The Hall–Kier alpha value is -0.570. The SMILES string of the molecule is CCOC(=O)CC(N)C1CCCC(C)C1. The van der Waals surface area contributed by atoms with Crippen LogP contribution in [0.25, 0.3) is 0 Å². The Morgan fingerprint density at radius 2 is 2.27 bits per heavy atom. The second-order valence-electron chi connectivity index (χ2n) is 4.70. The van der Waals surface area contributed by atoms with Crippen molar-refractivity contribution in [3.05, 3.63) is 0 Å². The van der Waals surface area contributed by atoms with Crippen LogP contribution in [0.15, 0.2) is 0 Å². The molecule has 0 aromatic heterocycles. The van der Waals surface area contributed by atoms with Crippen molar-refractivity contribution in [2.45, 2.75) is 52.0 Å². The van der Waals surface area contributed by atoms with Crippen LogP contribution in [0.1, 0.15) is 46.0 Å². The normalized spacial score (nSPS) is 28.5. The van der Waals surface area contributed by atoms with Gasteiger partial charge in [0.15, 0.2) is 0 Å². The highest BCUT2D eigenvalue weighted by Crippen LogP contribution is 2.31. The maximum atomic E-state index is 11.3. The van der Waals surface area contributed by atoms with Gasteiger partial charge in [0.25, 0.3) is 0 Å². The molecule has 1 aliphatic carbocycles. The quantitative estimate of drug-likeness (QED) is 0.727. The molecular weight excluding hydrogens is 190 g/mol. The van der Waals surface area contributed by atoms with E-state index in [1.54, 1.807) is 0 Å². The van der Waals surface area contributed by atoms with Gasteiger partial charge >= 0.3 is 5.97 Å². The molecule has 1 rings (SSSR count). The molecule has 3 heteroatoms. The highest BCUT2D eigenvalue weighted by molar-refractivity contribution is 5.70. The summed E-state index contributed by atoms with van der Waals surface area (Å²) in [6, 6.07) is -0.00759. The first-order valence-corrected chi connectivity index (χ1v) is 6.04. The largest absolute Gasteiger partial charge is 0.466 e. The standard InChI is InChI=1S/C12H23NO2/c1-3-15-12(14)8-11(13)10-6-4-5-9(2)7-10/h9-11H,3-8,13H2,1-2H3. The van der Waals surface area contributed by atoms with Crippen molar-refractivity contribution >= 4 is 5.97 Å². The molecule has 1 aliphatic rings. The van der Waals surface area contributed by atoms with Crippen molar-refractivity contribution in [2.75, 3.05) is 6.61 Å². The zero-order chi connectivity index (χ0) is 11.3. The summed E-state index contributed by atoms with van der Waals surface area (Å²) < 4.78 is 4.91. The van der Waals surface area contributed by atoms with Gasteiger partial charge in [-0.15, -0.1) is 0 Å². The number of rotatable bonds is 4. The van der Waals surface area contributed by atoms with Gasteiger partial charge in [-0.25, -0.2) is 0 Å². The fourth-order valence-corrected chi connectivity index (χ4v) is 2.45. The van der Waals surface area contributed by atoms with Gasteiger partial charge in [0, 0.05) is 6.04 Å². The van der Waals surface area contributed by atoms with E-state index in [0.717, 1.165) is 5.92 Å². The molecule has 3 unspecified atom stereocenters. The van der Waals surface area contributed by atoms with E-state index in [1.165, 1.54) is 25.7 Å². The lowest BCUT2D eigenvalue weighted by Gasteiger charge is -2.30. The van der Waals surface area contributed by atoms with Crippen LogP contribution in [-0.2, 0) is 9.53 Å². The second kappa shape index (κ2) is 6.11. The lowest BCUT2D eigenvalue weighted by atomic mass is 9.78. The molecule has 15 heavy (non-hydrogen) atoms. The van der Waals surface area contributed by atoms with Gasteiger partial charge in [-0.3, -0.25) is 4.79 Å². The number of hydrogen-bond donors (Lipinski definition) is 1. The van der Waals surface area contributed by atoms with Crippen LogP contribution in [0, 0.1) is 11.8 Å². The zero-order valence-electron chi connectivity index (χ0n) is 9.87. The van der Waals surface area contributed by atoms with Crippen LogP contribution < -0.4 is 5.73 Å². The minimum absolute atomic E-state index is 0.00759. The molecule has 0 amide bonds. The van der Waals surface area contributed by atoms with E-state index in [9.17, 15) is 4.79 Å². The van der Waals surface area contributed by atoms with E-state index >= 15 is 0 Å². The van der Waals surface area contributed by atoms with Crippen LogP contribution >= 0.6 is 0 Å². The summed E-state index contributed by atoms with van der Waals surface area (Å²) in [5, 5.41) is 0. The molecule has 1 fully saturated rings. The molecule has 0 aromatic rings. The Labute approximate surface area is 92.4 Å². The average molecular weight is 213 g/mol. The summed E-state index contributed by atoms with van der Waals surface area (Å²) in [6.45, 7) is 4.54. The predicted octanol–water partition coefficient (Wildman–Crippen LogP) is 2.09. The summed E-state index contributed by atoms with van der Waals surface area (Å²) in [5.41, 5.74) is 6.04. The number of ether oxygens (including phenoxy) is 1. The first-order chi connectivity index (χ1) is 7.13. The average Bonchev–Trinajstić information content (AvgIpc) is 2.18. The van der Waals surface area contributed by atoms with Crippen molar-refractivity contribution in [1.82, 2.24) is 0 Å². The van der Waals surface area contributed by atoms with Crippen molar-refractivity contribution in [3.63, 3.8) is 0 Å². The third-order valence-corrected chi connectivity index (χ3v) is 3.29. The summed E-state index contributed by atoms with van der Waals surface area (Å²) in [4.78, 5) is 11.3. The Bertz CT molecular complexity index is 206. The molecule has 2 N–H and O–H groups in total. The van der Waals surface area contributed by atoms with Crippen molar-refractivity contribution < 1.29 is 9.53 Å². The summed E-state index contributed by atoms with van der Waals surface area (Å²) in [7, 11) is 0. The van der Waals surface area contributed by atoms with E-state index < -0.39 is 0 Å². The van der Waals surface area contributed by atoms with E-state index in [-0.39, 0.29) is 12.0 Å². The van der Waals surface area contributed by atoms with Crippen molar-refractivity contribution in [2.24, 2.45) is 17.6 Å². The van der Waals surface area contributed by atoms with Crippen LogP contribution in [0.3, 0.4) is 0 Å². The van der Waals surface area contributed by atoms with Crippen LogP contribution in [-0.4, -0.2) is 18.6 Å². The minimum Gasteiger partial charge on any atom is -0.466 e. The number of nitrogens with two attached hydrogens (primary N) is 1. The topological polar surface area (TPSA) is 52.3 Å². The Kier molecular flexibility index (Phi) is 5.09. The first kappa shape index (κ1) is 12.5. The van der Waals surface area contributed by atoms with Crippen molar-refractivity contribution in [1.29, 1.82) is 0 Å². The maximum absolute atomic E-state index is 11.3. The van der Waals surface area contributed by atoms with Gasteiger partial charge in [0.1, 0.15) is 0 Å². The molecule has 3 atom stereocenters. The fraction of sp³-hybridized carbons (Fsp3) is 0.917. The van der Waals surface area contributed by atoms with Gasteiger partial charge < -0.3 is 10.5 Å². The molecule has 0 spiro atoms. The third-order valence-electron chi connectivity index (χ3n) is 3.29. The van der Waals surface area contributed by atoms with E-state index in [4.69, 9.17) is 10.5 Å². The molecular formula is C12H23NO2. The second-order valence-corrected chi connectivity index (χ2v) is 4.70. The molecule has 88 valence electrons. The number of carbonyl (C=O) groups is 1. The maximum Gasteiger partial charge on any atom is 0.307 e. The predicted molar refractivity (Wildman–Crippen MR) is 60.3 cm³/mol. The van der Waals surface area contributed by atoms with Gasteiger partial charge in [0.05, 0.1) is 13.0 Å². The Morgan fingerprint density at radius 1 is 1.53 bits per heavy atom. The van der Waals surface area contributed by atoms with Gasteiger partial charge in [-0.1, -0.05) is 19.8 Å². The highest BCUT2D eigenvalue weighted by atomic mass is 16.5. The number of hydrogen-bond acceptors (Lipinski definition) is 3. The van der Waals surface area contributed by atoms with E-state index in [1.807, 2.05) is 6.92 Å². The Balaban J connectivity index is 2.32. The molecule has 1 saturated carbocycles. The number of esters is 1. The molecule has 3 nitrogen and oxygen atoms in total. The van der Waals surface area contributed by atoms with Gasteiger partial charge in [0.2, 0.25) is 0 Å². The lowest BCUT2D eigenvalue weighted by Crippen LogP contribution is -2.35. The molecule has 0 aliphatic heterocycles. The minimum atomic E-state index is -0.150. The first-order valence-electron chi connectivity index (χ1n) is 6.04. The molecule has 0 radical (unpaired) electrons. The van der Waals surface area contributed by atoms with Crippen LogP contribution in [0.2, 0.25) is 0 Å². The monoisotopic (exact) mass is 213 g/mol. The van der Waals surface area contributed by atoms with Crippen molar-refractivity contribution in [3.8, 4) is 0 Å². The Morgan fingerprint density at radius 3 is 2.87 bits per heavy atom. The van der Waals surface area contributed by atoms with Crippen LogP contribution in [0.5, 0.6) is 0 Å². The third kappa shape index (κ3) is 4.20. The van der Waals surface area contributed by atoms with Crippen LogP contribution in [0.4, 0.5) is 0 Å². The van der Waals surface area contributed by atoms with Gasteiger partial charge in [-0.2, -0.15) is 0 Å².